The SMILES string of the molecule is O=C([O-])C1CCCN1S(=O)(=O)c1ccc(F)cc1. The molecule has 1 heterocycles. The van der Waals surface area contributed by atoms with Gasteiger partial charge >= 0.3 is 0 Å². The van der Waals surface area contributed by atoms with E-state index < -0.39 is 27.9 Å². The number of carboxylic acids is 1. The van der Waals surface area contributed by atoms with E-state index in [0.717, 1.165) is 28.6 Å². The quantitative estimate of drug-likeness (QED) is 0.758. The van der Waals surface area contributed by atoms with Gasteiger partial charge in [0, 0.05) is 6.54 Å². The van der Waals surface area contributed by atoms with E-state index in [1.165, 1.54) is 0 Å². The van der Waals surface area contributed by atoms with E-state index in [-0.39, 0.29) is 17.9 Å². The van der Waals surface area contributed by atoms with Crippen LogP contribution in [0.5, 0.6) is 0 Å². The molecule has 0 spiro atoms. The summed E-state index contributed by atoms with van der Waals surface area (Å²) in [7, 11) is -3.90. The third-order valence-electron chi connectivity index (χ3n) is 2.90. The molecule has 1 aromatic rings. The van der Waals surface area contributed by atoms with Crippen LogP contribution >= 0.6 is 0 Å². The predicted octanol–water partition coefficient (Wildman–Crippen LogP) is -0.271. The number of benzene rings is 1. The molecule has 1 aliphatic heterocycles. The number of halogens is 1. The minimum Gasteiger partial charge on any atom is -0.548 e. The van der Waals surface area contributed by atoms with Gasteiger partial charge in [-0.3, -0.25) is 0 Å². The molecule has 1 aliphatic rings. The number of carboxylic acid groups (broad SMARTS) is 1. The van der Waals surface area contributed by atoms with Crippen molar-refractivity contribution in [1.29, 1.82) is 0 Å². The molecule has 98 valence electrons. The normalized spacial score (nSPS) is 21.1. The molecule has 2 rings (SSSR count). The number of nitrogens with zero attached hydrogens (tertiary/aromatic N) is 1. The maximum Gasteiger partial charge on any atom is 0.243 e. The Balaban J connectivity index is 2.36. The van der Waals surface area contributed by atoms with Crippen LogP contribution in [0.2, 0.25) is 0 Å². The molecule has 0 amide bonds. The van der Waals surface area contributed by atoms with Gasteiger partial charge in [-0.15, -0.1) is 0 Å². The molecular formula is C11H11FNO4S-. The summed E-state index contributed by atoms with van der Waals surface area (Å²) < 4.78 is 38.0. The fourth-order valence-corrected chi connectivity index (χ4v) is 3.65. The third-order valence-corrected chi connectivity index (χ3v) is 4.82. The second kappa shape index (κ2) is 4.66. The van der Waals surface area contributed by atoms with Crippen LogP contribution in [0.3, 0.4) is 0 Å². The highest BCUT2D eigenvalue weighted by molar-refractivity contribution is 7.89. The molecule has 1 fully saturated rings. The molecule has 1 unspecified atom stereocenters. The Hall–Kier alpha value is -1.47. The maximum absolute atomic E-state index is 12.7. The molecule has 5 nitrogen and oxygen atoms in total. The zero-order valence-corrected chi connectivity index (χ0v) is 10.2. The van der Waals surface area contributed by atoms with Crippen LogP contribution in [-0.2, 0) is 14.8 Å². The van der Waals surface area contributed by atoms with E-state index in [9.17, 15) is 22.7 Å². The van der Waals surface area contributed by atoms with Crippen molar-refractivity contribution in [3.8, 4) is 0 Å². The van der Waals surface area contributed by atoms with E-state index >= 15 is 0 Å². The first-order chi connectivity index (χ1) is 8.43. The molecule has 0 aliphatic carbocycles. The average Bonchev–Trinajstić information content (AvgIpc) is 2.79. The second-order valence-electron chi connectivity index (χ2n) is 4.05. The summed E-state index contributed by atoms with van der Waals surface area (Å²) in [6, 6.07) is 3.15. The van der Waals surface area contributed by atoms with E-state index in [4.69, 9.17) is 0 Å². The summed E-state index contributed by atoms with van der Waals surface area (Å²) >= 11 is 0. The van der Waals surface area contributed by atoms with E-state index in [1.807, 2.05) is 0 Å². The summed E-state index contributed by atoms with van der Waals surface area (Å²) in [5.41, 5.74) is 0. The van der Waals surface area contributed by atoms with Crippen LogP contribution in [0.25, 0.3) is 0 Å². The second-order valence-corrected chi connectivity index (χ2v) is 5.94. The Morgan fingerprint density at radius 2 is 1.94 bits per heavy atom. The summed E-state index contributed by atoms with van der Waals surface area (Å²) in [6.07, 6.45) is 0.710. The Morgan fingerprint density at radius 3 is 2.50 bits per heavy atom. The van der Waals surface area contributed by atoms with Crippen LogP contribution in [0.15, 0.2) is 29.2 Å². The number of sulfonamides is 1. The van der Waals surface area contributed by atoms with Crippen molar-refractivity contribution in [1.82, 2.24) is 4.31 Å². The molecule has 0 bridgehead atoms. The van der Waals surface area contributed by atoms with Crippen LogP contribution in [0, 0.1) is 5.82 Å². The van der Waals surface area contributed by atoms with E-state index in [1.54, 1.807) is 0 Å². The zero-order valence-electron chi connectivity index (χ0n) is 9.37. The Labute approximate surface area is 104 Å². The zero-order chi connectivity index (χ0) is 13.3. The topological polar surface area (TPSA) is 77.5 Å². The number of hydrogen-bond acceptors (Lipinski definition) is 4. The molecule has 1 saturated heterocycles. The Morgan fingerprint density at radius 1 is 1.33 bits per heavy atom. The van der Waals surface area contributed by atoms with Gasteiger partial charge in [-0.25, -0.2) is 12.8 Å². The molecule has 7 heteroatoms. The Bertz CT molecular complexity index is 555. The van der Waals surface area contributed by atoms with Crippen molar-refractivity contribution in [2.75, 3.05) is 6.54 Å². The number of aliphatic carboxylic acids is 1. The largest absolute Gasteiger partial charge is 0.548 e. The van der Waals surface area contributed by atoms with Gasteiger partial charge in [0.1, 0.15) is 5.82 Å². The molecule has 1 aromatic carbocycles. The van der Waals surface area contributed by atoms with Crippen LogP contribution in [0.4, 0.5) is 4.39 Å². The van der Waals surface area contributed by atoms with Gasteiger partial charge in [0.15, 0.2) is 0 Å². The summed E-state index contributed by atoms with van der Waals surface area (Å²) in [6.45, 7) is 0.137. The fraction of sp³-hybridized carbons (Fsp3) is 0.364. The average molecular weight is 272 g/mol. The molecule has 0 N–H and O–H groups in total. The lowest BCUT2D eigenvalue weighted by Gasteiger charge is -2.24. The first-order valence-corrected chi connectivity index (χ1v) is 6.85. The monoisotopic (exact) mass is 272 g/mol. The molecule has 18 heavy (non-hydrogen) atoms. The van der Waals surface area contributed by atoms with Gasteiger partial charge in [-0.1, -0.05) is 0 Å². The lowest BCUT2D eigenvalue weighted by molar-refractivity contribution is -0.309. The molecular weight excluding hydrogens is 261 g/mol. The van der Waals surface area contributed by atoms with Crippen molar-refractivity contribution in [3.63, 3.8) is 0 Å². The predicted molar refractivity (Wildman–Crippen MR) is 58.3 cm³/mol. The van der Waals surface area contributed by atoms with E-state index in [0.29, 0.717) is 6.42 Å². The van der Waals surface area contributed by atoms with Gasteiger partial charge in [-0.05, 0) is 37.1 Å². The highest BCUT2D eigenvalue weighted by atomic mass is 32.2. The van der Waals surface area contributed by atoms with Crippen LogP contribution < -0.4 is 5.11 Å². The standard InChI is InChI=1S/C11H12FNO4S/c12-8-3-5-9(6-4-8)18(16,17)13-7-1-2-10(13)11(14)15/h3-6,10H,1-2,7H2,(H,14,15)/p-1. The van der Waals surface area contributed by atoms with Crippen molar-refractivity contribution >= 4 is 16.0 Å². The molecule has 1 atom stereocenters. The number of rotatable bonds is 3. The first kappa shape index (κ1) is 13.0. The van der Waals surface area contributed by atoms with E-state index in [2.05, 4.69) is 0 Å². The minimum atomic E-state index is -3.90. The molecule has 0 aromatic heterocycles. The molecule has 0 saturated carbocycles. The smallest absolute Gasteiger partial charge is 0.243 e. The van der Waals surface area contributed by atoms with Gasteiger partial charge < -0.3 is 9.90 Å². The molecule has 0 radical (unpaired) electrons. The minimum absolute atomic E-state index is 0.114. The van der Waals surface area contributed by atoms with Crippen molar-refractivity contribution in [2.24, 2.45) is 0 Å². The summed E-state index contributed by atoms with van der Waals surface area (Å²) in [4.78, 5) is 10.8. The maximum atomic E-state index is 12.7. The fourth-order valence-electron chi connectivity index (χ4n) is 2.01. The lowest BCUT2D eigenvalue weighted by Crippen LogP contribution is -2.46. The highest BCUT2D eigenvalue weighted by Gasteiger charge is 2.35. The van der Waals surface area contributed by atoms with Crippen molar-refractivity contribution < 1.29 is 22.7 Å². The van der Waals surface area contributed by atoms with Crippen molar-refractivity contribution in [3.05, 3.63) is 30.1 Å². The lowest BCUT2D eigenvalue weighted by atomic mass is 10.2. The van der Waals surface area contributed by atoms with Crippen LogP contribution in [0.1, 0.15) is 12.8 Å². The summed E-state index contributed by atoms with van der Waals surface area (Å²) in [5, 5.41) is 10.9. The Kier molecular flexibility index (Phi) is 3.36. The summed E-state index contributed by atoms with van der Waals surface area (Å²) in [5.74, 6) is -1.95. The van der Waals surface area contributed by atoms with Gasteiger partial charge in [-0.2, -0.15) is 4.31 Å². The number of carbonyl (C=O) groups excluding carboxylic acids is 1. The van der Waals surface area contributed by atoms with Gasteiger partial charge in [0.2, 0.25) is 10.0 Å². The number of hydrogen-bond donors (Lipinski definition) is 0. The van der Waals surface area contributed by atoms with Gasteiger partial charge in [0.25, 0.3) is 0 Å². The van der Waals surface area contributed by atoms with Gasteiger partial charge in [0.05, 0.1) is 16.9 Å². The van der Waals surface area contributed by atoms with Crippen LogP contribution in [-0.4, -0.2) is 31.3 Å². The number of carbonyl (C=O) groups is 1. The third kappa shape index (κ3) is 2.23. The first-order valence-electron chi connectivity index (χ1n) is 5.41. The highest BCUT2D eigenvalue weighted by Crippen LogP contribution is 2.25. The van der Waals surface area contributed by atoms with Crippen molar-refractivity contribution in [2.45, 2.75) is 23.8 Å².